The Morgan fingerprint density at radius 2 is 2.15 bits per heavy atom. The third-order valence-corrected chi connectivity index (χ3v) is 6.37. The van der Waals surface area contributed by atoms with Gasteiger partial charge < -0.3 is 4.74 Å². The number of carbonyl (C=O) groups is 1. The van der Waals surface area contributed by atoms with E-state index in [1.807, 2.05) is 42.5 Å². The van der Waals surface area contributed by atoms with Crippen LogP contribution >= 0.6 is 11.3 Å². The first kappa shape index (κ1) is 17.2. The molecule has 0 fully saturated rings. The van der Waals surface area contributed by atoms with Gasteiger partial charge in [-0.15, -0.1) is 11.3 Å². The van der Waals surface area contributed by atoms with Crippen LogP contribution in [-0.2, 0) is 17.7 Å². The highest BCUT2D eigenvalue weighted by atomic mass is 32.1. The van der Waals surface area contributed by atoms with Gasteiger partial charge in [0.15, 0.2) is 0 Å². The van der Waals surface area contributed by atoms with E-state index in [4.69, 9.17) is 9.72 Å². The summed E-state index contributed by atoms with van der Waals surface area (Å²) in [6.45, 7) is 5.84. The lowest BCUT2D eigenvalue weighted by molar-refractivity contribution is 0.0596. The lowest BCUT2D eigenvalue weighted by Gasteiger charge is -2.33. The number of esters is 1. The molecule has 0 unspecified atom stereocenters. The monoisotopic (exact) mass is 366 g/mol. The van der Waals surface area contributed by atoms with E-state index >= 15 is 0 Å². The van der Waals surface area contributed by atoms with Crippen LogP contribution in [0.15, 0.2) is 35.7 Å². The maximum absolute atomic E-state index is 12.5. The summed E-state index contributed by atoms with van der Waals surface area (Å²) >= 11 is 1.84. The number of benzene rings is 1. The first-order chi connectivity index (χ1) is 12.6. The van der Waals surface area contributed by atoms with Gasteiger partial charge in [-0.05, 0) is 48.9 Å². The van der Waals surface area contributed by atoms with Crippen LogP contribution in [0.1, 0.15) is 45.0 Å². The molecule has 5 heteroatoms. The predicted octanol–water partition coefficient (Wildman–Crippen LogP) is 4.51. The van der Waals surface area contributed by atoms with Crippen molar-refractivity contribution < 1.29 is 9.53 Å². The van der Waals surface area contributed by atoms with Gasteiger partial charge in [-0.2, -0.15) is 0 Å². The Balaban J connectivity index is 1.77. The van der Waals surface area contributed by atoms with Crippen molar-refractivity contribution in [2.75, 3.05) is 13.7 Å². The van der Waals surface area contributed by atoms with Crippen molar-refractivity contribution in [3.63, 3.8) is 0 Å². The van der Waals surface area contributed by atoms with E-state index in [9.17, 15) is 4.79 Å². The Hall–Kier alpha value is -2.24. The van der Waals surface area contributed by atoms with Crippen LogP contribution in [0.5, 0.6) is 0 Å². The molecule has 2 aromatic heterocycles. The number of hydrogen-bond acceptors (Lipinski definition) is 5. The van der Waals surface area contributed by atoms with Crippen molar-refractivity contribution >= 4 is 28.2 Å². The molecule has 0 aliphatic carbocycles. The van der Waals surface area contributed by atoms with E-state index in [2.05, 4.69) is 23.3 Å². The number of methoxy groups -OCH3 is 1. The molecule has 26 heavy (non-hydrogen) atoms. The minimum absolute atomic E-state index is 0.309. The van der Waals surface area contributed by atoms with Gasteiger partial charge in [-0.1, -0.05) is 18.2 Å². The van der Waals surface area contributed by atoms with Gasteiger partial charge in [-0.3, -0.25) is 9.88 Å². The molecule has 1 aromatic carbocycles. The van der Waals surface area contributed by atoms with E-state index in [0.717, 1.165) is 35.1 Å². The number of hydrogen-bond donors (Lipinski definition) is 0. The van der Waals surface area contributed by atoms with E-state index in [1.54, 1.807) is 0 Å². The van der Waals surface area contributed by atoms with Crippen molar-refractivity contribution in [2.45, 2.75) is 32.9 Å². The van der Waals surface area contributed by atoms with Crippen LogP contribution in [0.2, 0.25) is 0 Å². The third-order valence-electron chi connectivity index (χ3n) is 5.37. The molecule has 4 nitrogen and oxygen atoms in total. The van der Waals surface area contributed by atoms with E-state index < -0.39 is 0 Å². The number of aromatic nitrogens is 1. The van der Waals surface area contributed by atoms with Crippen molar-refractivity contribution in [1.82, 2.24) is 9.88 Å². The Labute approximate surface area is 157 Å². The molecule has 3 heterocycles. The van der Waals surface area contributed by atoms with Gasteiger partial charge >= 0.3 is 5.97 Å². The maximum Gasteiger partial charge on any atom is 0.340 e. The van der Waals surface area contributed by atoms with Gasteiger partial charge in [0.25, 0.3) is 0 Å². The van der Waals surface area contributed by atoms with Crippen molar-refractivity contribution in [3.8, 4) is 0 Å². The normalized spacial score (nSPS) is 17.3. The molecule has 1 aliphatic rings. The van der Waals surface area contributed by atoms with Gasteiger partial charge in [0.05, 0.1) is 23.9 Å². The van der Waals surface area contributed by atoms with Crippen molar-refractivity contribution in [1.29, 1.82) is 0 Å². The summed E-state index contributed by atoms with van der Waals surface area (Å²) in [7, 11) is 1.43. The Kier molecular flexibility index (Phi) is 4.51. The number of aryl methyl sites for hydroxylation is 1. The average molecular weight is 366 g/mol. The molecule has 0 radical (unpaired) electrons. The quantitative estimate of drug-likeness (QED) is 0.640. The SMILES string of the molecule is COC(=O)c1c(CN2CCc3sccc3[C@H]2C)nc2ccccc2c1C. The molecule has 3 aromatic rings. The minimum Gasteiger partial charge on any atom is -0.465 e. The number of ether oxygens (including phenoxy) is 1. The zero-order valence-electron chi connectivity index (χ0n) is 15.3. The number of carbonyl (C=O) groups excluding carboxylic acids is 1. The zero-order valence-corrected chi connectivity index (χ0v) is 16.1. The number of fused-ring (bicyclic) bond motifs is 2. The molecule has 1 atom stereocenters. The Bertz CT molecular complexity index is 979. The number of rotatable bonds is 3. The molecule has 0 saturated carbocycles. The fourth-order valence-corrected chi connectivity index (χ4v) is 4.86. The van der Waals surface area contributed by atoms with Crippen LogP contribution < -0.4 is 0 Å². The summed E-state index contributed by atoms with van der Waals surface area (Å²) < 4.78 is 5.07. The second kappa shape index (κ2) is 6.82. The highest BCUT2D eigenvalue weighted by Crippen LogP contribution is 2.34. The van der Waals surface area contributed by atoms with E-state index in [-0.39, 0.29) is 5.97 Å². The maximum atomic E-state index is 12.5. The molecule has 134 valence electrons. The fourth-order valence-electron chi connectivity index (χ4n) is 3.90. The van der Waals surface area contributed by atoms with Crippen LogP contribution in [0, 0.1) is 6.92 Å². The number of nitrogens with zero attached hydrogens (tertiary/aromatic N) is 2. The second-order valence-electron chi connectivity index (χ2n) is 6.76. The predicted molar refractivity (Wildman–Crippen MR) is 105 cm³/mol. The Morgan fingerprint density at radius 1 is 1.35 bits per heavy atom. The first-order valence-corrected chi connectivity index (χ1v) is 9.75. The largest absolute Gasteiger partial charge is 0.465 e. The van der Waals surface area contributed by atoms with Crippen LogP contribution in [-0.4, -0.2) is 29.5 Å². The number of para-hydroxylation sites is 1. The molecule has 0 spiro atoms. The number of pyridine rings is 1. The molecule has 0 N–H and O–H groups in total. The third kappa shape index (κ3) is 2.81. The van der Waals surface area contributed by atoms with Gasteiger partial charge in [0.1, 0.15) is 0 Å². The van der Waals surface area contributed by atoms with Crippen molar-refractivity contribution in [3.05, 3.63) is 63.0 Å². The smallest absolute Gasteiger partial charge is 0.340 e. The van der Waals surface area contributed by atoms with E-state index in [0.29, 0.717) is 18.2 Å². The van der Waals surface area contributed by atoms with Gasteiger partial charge in [0, 0.05) is 29.4 Å². The van der Waals surface area contributed by atoms with Gasteiger partial charge in [-0.25, -0.2) is 4.79 Å². The molecule has 0 amide bonds. The molecule has 1 aliphatic heterocycles. The van der Waals surface area contributed by atoms with Crippen LogP contribution in [0.4, 0.5) is 0 Å². The highest BCUT2D eigenvalue weighted by molar-refractivity contribution is 7.10. The standard InChI is InChI=1S/C21H22N2O2S/c1-13-15-6-4-5-7-17(15)22-18(20(13)21(24)25-3)12-23-10-8-19-16(14(23)2)9-11-26-19/h4-7,9,11,14H,8,10,12H2,1-3H3/t14-/m1/s1. The minimum atomic E-state index is -0.309. The fraction of sp³-hybridized carbons (Fsp3) is 0.333. The van der Waals surface area contributed by atoms with Crippen LogP contribution in [0.25, 0.3) is 10.9 Å². The highest BCUT2D eigenvalue weighted by Gasteiger charge is 2.27. The topological polar surface area (TPSA) is 42.4 Å². The van der Waals surface area contributed by atoms with Crippen LogP contribution in [0.3, 0.4) is 0 Å². The molecule has 0 bridgehead atoms. The number of thiophene rings is 1. The average Bonchev–Trinajstić information content (AvgIpc) is 3.13. The van der Waals surface area contributed by atoms with Gasteiger partial charge in [0.2, 0.25) is 0 Å². The zero-order chi connectivity index (χ0) is 18.3. The first-order valence-electron chi connectivity index (χ1n) is 8.87. The van der Waals surface area contributed by atoms with E-state index in [1.165, 1.54) is 17.6 Å². The molecule has 0 saturated heterocycles. The lowest BCUT2D eigenvalue weighted by atomic mass is 9.98. The summed E-state index contributed by atoms with van der Waals surface area (Å²) in [5.74, 6) is -0.309. The molecular weight excluding hydrogens is 344 g/mol. The summed E-state index contributed by atoms with van der Waals surface area (Å²) in [6, 6.07) is 10.5. The summed E-state index contributed by atoms with van der Waals surface area (Å²) in [4.78, 5) is 21.2. The molecular formula is C21H22N2O2S. The molecule has 4 rings (SSSR count). The Morgan fingerprint density at radius 3 is 2.96 bits per heavy atom. The lowest BCUT2D eigenvalue weighted by Crippen LogP contribution is -2.33. The second-order valence-corrected chi connectivity index (χ2v) is 7.76. The summed E-state index contributed by atoms with van der Waals surface area (Å²) in [6.07, 6.45) is 1.05. The van der Waals surface area contributed by atoms with Crippen molar-refractivity contribution in [2.24, 2.45) is 0 Å². The summed E-state index contributed by atoms with van der Waals surface area (Å²) in [5, 5.41) is 3.17. The summed E-state index contributed by atoms with van der Waals surface area (Å²) in [5.41, 5.74) is 4.68.